The second-order valence-corrected chi connectivity index (χ2v) is 4.92. The molecule has 0 aliphatic carbocycles. The lowest BCUT2D eigenvalue weighted by atomic mass is 10.0. The Labute approximate surface area is 102 Å². The highest BCUT2D eigenvalue weighted by atomic mass is 79.9. The maximum Gasteiger partial charge on any atom is 0.194 e. The number of hydrogen-bond acceptors (Lipinski definition) is 2. The number of ether oxygens (including phenoxy) is 1. The van der Waals surface area contributed by atoms with Crippen molar-refractivity contribution in [2.24, 2.45) is 0 Å². The number of rotatable bonds is 2. The second-order valence-electron chi connectivity index (χ2n) is 4.00. The van der Waals surface area contributed by atoms with Crippen LogP contribution < -0.4 is 0 Å². The molecular weight excluding hydrogens is 275 g/mol. The van der Waals surface area contributed by atoms with Gasteiger partial charge in [-0.1, -0.05) is 15.9 Å². The molecule has 86 valence electrons. The highest BCUT2D eigenvalue weighted by molar-refractivity contribution is 9.10. The van der Waals surface area contributed by atoms with Gasteiger partial charge in [-0.3, -0.25) is 4.79 Å². The summed E-state index contributed by atoms with van der Waals surface area (Å²) in [4.78, 5) is 12.0. The van der Waals surface area contributed by atoms with Crippen molar-refractivity contribution in [3.63, 3.8) is 0 Å². The maximum atomic E-state index is 13.5. The van der Waals surface area contributed by atoms with E-state index < -0.39 is 11.9 Å². The van der Waals surface area contributed by atoms with Gasteiger partial charge in [0, 0.05) is 4.47 Å². The van der Waals surface area contributed by atoms with Gasteiger partial charge < -0.3 is 4.74 Å². The molecule has 1 aliphatic heterocycles. The van der Waals surface area contributed by atoms with Gasteiger partial charge in [-0.15, -0.1) is 0 Å². The van der Waals surface area contributed by atoms with E-state index in [2.05, 4.69) is 15.9 Å². The molecule has 1 fully saturated rings. The van der Waals surface area contributed by atoms with Crippen LogP contribution in [-0.2, 0) is 4.74 Å². The van der Waals surface area contributed by atoms with Gasteiger partial charge >= 0.3 is 0 Å². The van der Waals surface area contributed by atoms with Crippen molar-refractivity contribution in [1.82, 2.24) is 0 Å². The molecule has 2 atom stereocenters. The molecule has 0 saturated carbocycles. The highest BCUT2D eigenvalue weighted by Crippen LogP contribution is 2.25. The van der Waals surface area contributed by atoms with Crippen LogP contribution in [0.1, 0.15) is 30.1 Å². The molecule has 16 heavy (non-hydrogen) atoms. The van der Waals surface area contributed by atoms with Crippen LogP contribution in [0.3, 0.4) is 0 Å². The van der Waals surface area contributed by atoms with Crippen LogP contribution in [0.2, 0.25) is 0 Å². The zero-order valence-corrected chi connectivity index (χ0v) is 10.5. The number of ketones is 1. The van der Waals surface area contributed by atoms with E-state index in [0.717, 1.165) is 6.42 Å². The van der Waals surface area contributed by atoms with Gasteiger partial charge in [0.05, 0.1) is 11.7 Å². The van der Waals surface area contributed by atoms with Crippen LogP contribution in [0.15, 0.2) is 22.7 Å². The first-order valence-corrected chi connectivity index (χ1v) is 6.02. The minimum Gasteiger partial charge on any atom is -0.367 e. The Morgan fingerprint density at radius 1 is 1.50 bits per heavy atom. The Morgan fingerprint density at radius 2 is 2.25 bits per heavy atom. The summed E-state index contributed by atoms with van der Waals surface area (Å²) < 4.78 is 19.6. The fourth-order valence-corrected chi connectivity index (χ4v) is 2.22. The van der Waals surface area contributed by atoms with E-state index in [9.17, 15) is 9.18 Å². The SMILES string of the molecule is CC1CCC(C(=O)c2cc(Br)ccc2F)O1. The Bertz CT molecular complexity index is 419. The van der Waals surface area contributed by atoms with E-state index in [-0.39, 0.29) is 17.5 Å². The van der Waals surface area contributed by atoms with Crippen molar-refractivity contribution in [2.75, 3.05) is 0 Å². The summed E-state index contributed by atoms with van der Waals surface area (Å²) in [6.07, 6.45) is 1.13. The normalized spacial score (nSPS) is 24.7. The van der Waals surface area contributed by atoms with Gasteiger partial charge in [-0.25, -0.2) is 4.39 Å². The van der Waals surface area contributed by atoms with E-state index in [1.54, 1.807) is 6.07 Å². The quantitative estimate of drug-likeness (QED) is 0.780. The maximum absolute atomic E-state index is 13.5. The number of carbonyl (C=O) groups is 1. The Balaban J connectivity index is 2.23. The Kier molecular flexibility index (Phi) is 3.40. The summed E-state index contributed by atoms with van der Waals surface area (Å²) in [7, 11) is 0. The molecule has 0 N–H and O–H groups in total. The molecule has 1 aromatic carbocycles. The van der Waals surface area contributed by atoms with Crippen molar-refractivity contribution in [2.45, 2.75) is 32.0 Å². The van der Waals surface area contributed by atoms with Crippen molar-refractivity contribution in [3.05, 3.63) is 34.1 Å². The van der Waals surface area contributed by atoms with Gasteiger partial charge in [0.15, 0.2) is 5.78 Å². The molecule has 1 heterocycles. The van der Waals surface area contributed by atoms with Crippen LogP contribution in [-0.4, -0.2) is 18.0 Å². The first-order chi connectivity index (χ1) is 7.58. The third-order valence-electron chi connectivity index (χ3n) is 2.72. The van der Waals surface area contributed by atoms with Crippen LogP contribution in [0.5, 0.6) is 0 Å². The number of benzene rings is 1. The molecule has 1 aliphatic rings. The Hall–Kier alpha value is -0.740. The molecule has 0 radical (unpaired) electrons. The molecule has 0 spiro atoms. The van der Waals surface area contributed by atoms with Crippen molar-refractivity contribution in [3.8, 4) is 0 Å². The van der Waals surface area contributed by atoms with Gasteiger partial charge in [0.1, 0.15) is 11.9 Å². The number of halogens is 2. The number of carbonyl (C=O) groups excluding carboxylic acids is 1. The van der Waals surface area contributed by atoms with Crippen molar-refractivity contribution in [1.29, 1.82) is 0 Å². The zero-order chi connectivity index (χ0) is 11.7. The van der Waals surface area contributed by atoms with Gasteiger partial charge in [0.2, 0.25) is 0 Å². The smallest absolute Gasteiger partial charge is 0.194 e. The lowest BCUT2D eigenvalue weighted by Crippen LogP contribution is -2.21. The first kappa shape index (κ1) is 11.7. The Morgan fingerprint density at radius 3 is 2.88 bits per heavy atom. The largest absolute Gasteiger partial charge is 0.367 e. The fraction of sp³-hybridized carbons (Fsp3) is 0.417. The lowest BCUT2D eigenvalue weighted by Gasteiger charge is -2.10. The van der Waals surface area contributed by atoms with Crippen molar-refractivity contribution < 1.29 is 13.9 Å². The van der Waals surface area contributed by atoms with E-state index in [0.29, 0.717) is 10.9 Å². The monoisotopic (exact) mass is 286 g/mol. The van der Waals surface area contributed by atoms with Crippen molar-refractivity contribution >= 4 is 21.7 Å². The minimum absolute atomic E-state index is 0.0872. The third kappa shape index (κ3) is 2.33. The predicted molar refractivity (Wildman–Crippen MR) is 62.0 cm³/mol. The molecule has 1 saturated heterocycles. The van der Waals surface area contributed by atoms with Gasteiger partial charge in [0.25, 0.3) is 0 Å². The molecular formula is C12H12BrFO2. The summed E-state index contributed by atoms with van der Waals surface area (Å²) in [6, 6.07) is 4.37. The second kappa shape index (κ2) is 4.63. The summed E-state index contributed by atoms with van der Waals surface area (Å²) in [6.45, 7) is 1.92. The van der Waals surface area contributed by atoms with Gasteiger partial charge in [-0.2, -0.15) is 0 Å². The summed E-state index contributed by atoms with van der Waals surface area (Å²) in [5.41, 5.74) is 0.105. The first-order valence-electron chi connectivity index (χ1n) is 5.22. The fourth-order valence-electron chi connectivity index (χ4n) is 1.86. The third-order valence-corrected chi connectivity index (χ3v) is 3.21. The zero-order valence-electron chi connectivity index (χ0n) is 8.87. The molecule has 2 unspecified atom stereocenters. The lowest BCUT2D eigenvalue weighted by molar-refractivity contribution is 0.0430. The van der Waals surface area contributed by atoms with E-state index in [1.165, 1.54) is 12.1 Å². The van der Waals surface area contributed by atoms with Crippen LogP contribution in [0, 0.1) is 5.82 Å². The molecule has 2 rings (SSSR count). The molecule has 0 aromatic heterocycles. The van der Waals surface area contributed by atoms with E-state index in [4.69, 9.17) is 4.74 Å². The molecule has 2 nitrogen and oxygen atoms in total. The standard InChI is InChI=1S/C12H12BrFO2/c1-7-2-5-11(16-7)12(15)9-6-8(13)3-4-10(9)14/h3-4,6-7,11H,2,5H2,1H3. The average molecular weight is 287 g/mol. The average Bonchev–Trinajstić information content (AvgIpc) is 2.67. The molecule has 0 bridgehead atoms. The molecule has 4 heteroatoms. The number of Topliss-reactive ketones (excluding diaryl/α,β-unsaturated/α-hetero) is 1. The predicted octanol–water partition coefficient (Wildman–Crippen LogP) is 3.34. The van der Waals surface area contributed by atoms with Gasteiger partial charge in [-0.05, 0) is 38.0 Å². The van der Waals surface area contributed by atoms with Crippen LogP contribution in [0.25, 0.3) is 0 Å². The topological polar surface area (TPSA) is 26.3 Å². The summed E-state index contributed by atoms with van der Waals surface area (Å²) in [5.74, 6) is -0.750. The van der Waals surface area contributed by atoms with E-state index >= 15 is 0 Å². The minimum atomic E-state index is -0.489. The van der Waals surface area contributed by atoms with Crippen LogP contribution in [0.4, 0.5) is 4.39 Å². The summed E-state index contributed by atoms with van der Waals surface area (Å²) in [5, 5.41) is 0. The molecule has 1 aromatic rings. The number of hydrogen-bond donors (Lipinski definition) is 0. The molecule has 0 amide bonds. The highest BCUT2D eigenvalue weighted by Gasteiger charge is 2.30. The van der Waals surface area contributed by atoms with Crippen LogP contribution >= 0.6 is 15.9 Å². The van der Waals surface area contributed by atoms with E-state index in [1.807, 2.05) is 6.92 Å². The summed E-state index contributed by atoms with van der Waals surface area (Å²) >= 11 is 3.23.